The summed E-state index contributed by atoms with van der Waals surface area (Å²) in [5, 5.41) is 0. The molecular formula is C37H54O12. The van der Waals surface area contributed by atoms with Gasteiger partial charge in [0.1, 0.15) is 11.7 Å². The van der Waals surface area contributed by atoms with Gasteiger partial charge in [0.2, 0.25) is 11.2 Å². The summed E-state index contributed by atoms with van der Waals surface area (Å²) in [6, 6.07) is 0. The molecule has 49 heavy (non-hydrogen) atoms. The van der Waals surface area contributed by atoms with Crippen LogP contribution in [-0.4, -0.2) is 76.9 Å². The fourth-order valence-electron chi connectivity index (χ4n) is 8.09. The molecule has 8 atom stereocenters. The second kappa shape index (κ2) is 14.5. The lowest BCUT2D eigenvalue weighted by atomic mass is 9.73. The van der Waals surface area contributed by atoms with Crippen LogP contribution in [0.3, 0.4) is 0 Å². The van der Waals surface area contributed by atoms with E-state index in [1.165, 1.54) is 13.8 Å². The van der Waals surface area contributed by atoms with Gasteiger partial charge in [0.05, 0.1) is 5.92 Å². The van der Waals surface area contributed by atoms with Crippen molar-refractivity contribution in [1.82, 2.24) is 0 Å². The third-order valence-electron chi connectivity index (χ3n) is 10.3. The molecule has 4 rings (SSSR count). The van der Waals surface area contributed by atoms with Gasteiger partial charge in [-0.1, -0.05) is 45.6 Å². The summed E-state index contributed by atoms with van der Waals surface area (Å²) >= 11 is 0. The fraction of sp³-hybridized carbons (Fsp3) is 0.757. The number of hydrogen-bond donors (Lipinski definition) is 0. The van der Waals surface area contributed by atoms with Crippen molar-refractivity contribution < 1.29 is 57.1 Å². The Kier molecular flexibility index (Phi) is 11.4. The molecular weight excluding hydrogens is 636 g/mol. The van der Waals surface area contributed by atoms with Gasteiger partial charge in [-0.15, -0.1) is 0 Å². The molecule has 0 bridgehead atoms. The Labute approximate surface area is 289 Å². The van der Waals surface area contributed by atoms with Gasteiger partial charge in [-0.05, 0) is 72.5 Å². The number of ether oxygens (including phenoxy) is 7. The van der Waals surface area contributed by atoms with Crippen LogP contribution in [0.2, 0.25) is 0 Å². The summed E-state index contributed by atoms with van der Waals surface area (Å²) in [5.74, 6) is -5.49. The molecule has 0 unspecified atom stereocenters. The molecule has 0 N–H and O–H groups in total. The third kappa shape index (κ3) is 7.04. The molecule has 0 aromatic carbocycles. The van der Waals surface area contributed by atoms with Crippen LogP contribution in [0.15, 0.2) is 22.8 Å². The van der Waals surface area contributed by atoms with Crippen LogP contribution in [0.1, 0.15) is 127 Å². The first-order valence-corrected chi connectivity index (χ1v) is 17.7. The molecule has 2 heterocycles. The zero-order valence-electron chi connectivity index (χ0n) is 30.7. The first-order valence-electron chi connectivity index (χ1n) is 17.7. The van der Waals surface area contributed by atoms with Crippen LogP contribution >= 0.6 is 0 Å². The molecule has 0 radical (unpaired) electrons. The average Bonchev–Trinajstić information content (AvgIpc) is 3.35. The van der Waals surface area contributed by atoms with E-state index in [1.54, 1.807) is 47.6 Å². The second-order valence-electron chi connectivity index (χ2n) is 14.6. The number of rotatable bonds is 13. The Bertz CT molecular complexity index is 1400. The van der Waals surface area contributed by atoms with Crippen LogP contribution in [-0.2, 0) is 57.1 Å². The van der Waals surface area contributed by atoms with Gasteiger partial charge in [0.15, 0.2) is 24.1 Å². The zero-order chi connectivity index (χ0) is 36.5. The van der Waals surface area contributed by atoms with E-state index in [1.807, 2.05) is 6.92 Å². The first kappa shape index (κ1) is 38.6. The van der Waals surface area contributed by atoms with Crippen LogP contribution in [0.5, 0.6) is 0 Å². The summed E-state index contributed by atoms with van der Waals surface area (Å²) < 4.78 is 43.8. The minimum atomic E-state index is -1.88. The molecule has 0 aromatic heterocycles. The lowest BCUT2D eigenvalue weighted by Crippen LogP contribution is -2.73. The SMILES string of the molecule is C/C=C(/C)C(=O)O[C@H]1C(C)=C2[C@H]([C@@H]1OC(=O)CCCCCCC)[C@@](C)(OC(C)=O)C[C@@H]1OC(C)(C)O[C@]3(C)C(=O)O[C@@H]2[C@]13OC(=O)CCC. The van der Waals surface area contributed by atoms with Crippen LogP contribution < -0.4 is 0 Å². The Morgan fingerprint density at radius 3 is 2.18 bits per heavy atom. The van der Waals surface area contributed by atoms with Crippen LogP contribution in [0.25, 0.3) is 0 Å². The zero-order valence-corrected chi connectivity index (χ0v) is 30.7. The topological polar surface area (TPSA) is 150 Å². The number of esters is 5. The molecule has 2 saturated heterocycles. The predicted molar refractivity (Wildman–Crippen MR) is 176 cm³/mol. The van der Waals surface area contributed by atoms with E-state index in [0.29, 0.717) is 29.6 Å². The molecule has 4 aliphatic rings. The summed E-state index contributed by atoms with van der Waals surface area (Å²) in [6.45, 7) is 16.7. The molecule has 0 amide bonds. The molecule has 0 aromatic rings. The second-order valence-corrected chi connectivity index (χ2v) is 14.6. The van der Waals surface area contributed by atoms with Crippen LogP contribution in [0, 0.1) is 5.92 Å². The van der Waals surface area contributed by atoms with E-state index in [4.69, 9.17) is 33.2 Å². The van der Waals surface area contributed by atoms with Gasteiger partial charge < -0.3 is 33.2 Å². The molecule has 2 aliphatic heterocycles. The van der Waals surface area contributed by atoms with Crippen molar-refractivity contribution in [3.8, 4) is 0 Å². The van der Waals surface area contributed by atoms with Gasteiger partial charge in [-0.2, -0.15) is 0 Å². The fourth-order valence-corrected chi connectivity index (χ4v) is 8.09. The van der Waals surface area contributed by atoms with Gasteiger partial charge in [-0.25, -0.2) is 9.59 Å². The maximum absolute atomic E-state index is 14.0. The van der Waals surface area contributed by atoms with E-state index in [9.17, 15) is 24.0 Å². The van der Waals surface area contributed by atoms with Crippen LogP contribution in [0.4, 0.5) is 0 Å². The summed E-state index contributed by atoms with van der Waals surface area (Å²) in [4.78, 5) is 67.2. The number of unbranched alkanes of at least 4 members (excludes halogenated alkanes) is 4. The Morgan fingerprint density at radius 2 is 1.57 bits per heavy atom. The third-order valence-corrected chi connectivity index (χ3v) is 10.3. The lowest BCUT2D eigenvalue weighted by Gasteiger charge is -2.54. The maximum Gasteiger partial charge on any atom is 0.343 e. The maximum atomic E-state index is 14.0. The summed E-state index contributed by atoms with van der Waals surface area (Å²) in [7, 11) is 0. The van der Waals surface area contributed by atoms with Crippen molar-refractivity contribution in [1.29, 1.82) is 0 Å². The summed E-state index contributed by atoms with van der Waals surface area (Å²) in [5.41, 5.74) is -4.13. The van der Waals surface area contributed by atoms with Crippen molar-refractivity contribution in [2.75, 3.05) is 0 Å². The number of allylic oxidation sites excluding steroid dienone is 1. The van der Waals surface area contributed by atoms with Crippen molar-refractivity contribution in [2.24, 2.45) is 5.92 Å². The standard InChI is InChI=1S/C37H54O12/c1-11-14-15-16-17-19-25(39)43-30-28-27(22(5)29(30)44-32(41)21(4)13-3)31-37(48-26(40)18-12-2)24(20-35(28,9)46-23(6)38)47-34(7,8)49-36(37,10)33(42)45-31/h13,24,28-31H,11-12,14-20H2,1-10H3/b21-13-/t24-,28+,29-,30-,31-,35-,36+,37+/m0/s1. The Morgan fingerprint density at radius 1 is 0.898 bits per heavy atom. The largest absolute Gasteiger partial charge is 0.459 e. The monoisotopic (exact) mass is 690 g/mol. The molecule has 0 spiro atoms. The highest BCUT2D eigenvalue weighted by Crippen LogP contribution is 2.62. The average molecular weight is 691 g/mol. The lowest BCUT2D eigenvalue weighted by molar-refractivity contribution is -0.382. The highest BCUT2D eigenvalue weighted by Gasteiger charge is 2.81. The molecule has 274 valence electrons. The van der Waals surface area contributed by atoms with Gasteiger partial charge >= 0.3 is 29.8 Å². The highest BCUT2D eigenvalue weighted by molar-refractivity contribution is 5.89. The quantitative estimate of drug-likeness (QED) is 0.0764. The van der Waals surface area contributed by atoms with E-state index >= 15 is 0 Å². The van der Waals surface area contributed by atoms with Crippen molar-refractivity contribution >= 4 is 29.8 Å². The number of fused-ring (bicyclic) bond motifs is 2. The van der Waals surface area contributed by atoms with Crippen molar-refractivity contribution in [3.05, 3.63) is 22.8 Å². The van der Waals surface area contributed by atoms with E-state index in [-0.39, 0.29) is 19.3 Å². The van der Waals surface area contributed by atoms with Gasteiger partial charge in [-0.3, -0.25) is 14.4 Å². The Hall–Kier alpha value is -3.25. The molecule has 1 saturated carbocycles. The predicted octanol–water partition coefficient (Wildman–Crippen LogP) is 5.73. The van der Waals surface area contributed by atoms with Gasteiger partial charge in [0, 0.05) is 31.8 Å². The number of hydrogen-bond acceptors (Lipinski definition) is 12. The highest BCUT2D eigenvalue weighted by atomic mass is 16.8. The van der Waals surface area contributed by atoms with Gasteiger partial charge in [0.25, 0.3) is 0 Å². The van der Waals surface area contributed by atoms with E-state index in [2.05, 4.69) is 6.92 Å². The molecule has 12 heteroatoms. The first-order chi connectivity index (χ1) is 22.9. The molecule has 12 nitrogen and oxygen atoms in total. The molecule has 2 aliphatic carbocycles. The smallest absolute Gasteiger partial charge is 0.343 e. The number of carbonyl (C=O) groups excluding carboxylic acids is 5. The number of carbonyl (C=O) groups is 5. The Balaban J connectivity index is 1.94. The minimum absolute atomic E-state index is 0.0406. The van der Waals surface area contributed by atoms with E-state index in [0.717, 1.165) is 25.7 Å². The van der Waals surface area contributed by atoms with Crippen molar-refractivity contribution in [2.45, 2.75) is 174 Å². The normalized spacial score (nSPS) is 34.7. The minimum Gasteiger partial charge on any atom is -0.459 e. The van der Waals surface area contributed by atoms with Crippen molar-refractivity contribution in [3.63, 3.8) is 0 Å². The molecule has 3 fully saturated rings. The summed E-state index contributed by atoms with van der Waals surface area (Å²) in [6.07, 6.45) is 1.95. The van der Waals surface area contributed by atoms with E-state index < -0.39 is 82.8 Å².